The van der Waals surface area contributed by atoms with Gasteiger partial charge in [-0.1, -0.05) is 30.3 Å². The van der Waals surface area contributed by atoms with E-state index >= 15 is 0 Å². The molecule has 0 aliphatic carbocycles. The molecular weight excluding hydrogens is 380 g/mol. The summed E-state index contributed by atoms with van der Waals surface area (Å²) in [5.41, 5.74) is 2.38. The zero-order valence-corrected chi connectivity index (χ0v) is 16.5. The lowest BCUT2D eigenvalue weighted by Crippen LogP contribution is -2.42. The molecule has 7 nitrogen and oxygen atoms in total. The highest BCUT2D eigenvalue weighted by atomic mass is 32.2. The Balaban J connectivity index is 1.68. The molecule has 0 unspecified atom stereocenters. The van der Waals surface area contributed by atoms with Gasteiger partial charge in [0, 0.05) is 13.1 Å². The molecule has 0 saturated heterocycles. The maximum absolute atomic E-state index is 12.7. The van der Waals surface area contributed by atoms with Crippen LogP contribution in [0.4, 0.5) is 0 Å². The third-order valence-corrected chi connectivity index (χ3v) is 6.13. The van der Waals surface area contributed by atoms with Gasteiger partial charge in [-0.3, -0.25) is 4.79 Å². The Morgan fingerprint density at radius 2 is 1.82 bits per heavy atom. The van der Waals surface area contributed by atoms with Crippen molar-refractivity contribution in [2.45, 2.75) is 30.9 Å². The Morgan fingerprint density at radius 3 is 2.54 bits per heavy atom. The molecule has 1 amide bonds. The number of carbonyl (C=O) groups excluding carboxylic acids is 2. The minimum absolute atomic E-state index is 0.0453. The summed E-state index contributed by atoms with van der Waals surface area (Å²) in [7, 11) is -2.39. The molecule has 1 aliphatic heterocycles. The Kier molecular flexibility index (Phi) is 5.81. The van der Waals surface area contributed by atoms with Crippen LogP contribution in [-0.4, -0.2) is 44.9 Å². The fraction of sp³-hybridized carbons (Fsp3) is 0.300. The predicted octanol–water partition coefficient (Wildman–Crippen LogP) is 1.72. The fourth-order valence-corrected chi connectivity index (χ4v) is 3.90. The smallest absolute Gasteiger partial charge is 0.338 e. The van der Waals surface area contributed by atoms with Gasteiger partial charge in [-0.05, 0) is 49.7 Å². The number of esters is 1. The topological polar surface area (TPSA) is 92.8 Å². The number of fused-ring (bicyclic) bond motifs is 1. The molecule has 2 aromatic carbocycles. The van der Waals surface area contributed by atoms with Crippen molar-refractivity contribution in [3.05, 3.63) is 65.2 Å². The summed E-state index contributed by atoms with van der Waals surface area (Å²) in [6, 6.07) is 13.4. The molecule has 0 fully saturated rings. The number of carbonyl (C=O) groups is 2. The van der Waals surface area contributed by atoms with Gasteiger partial charge in [0.25, 0.3) is 5.91 Å². The van der Waals surface area contributed by atoms with Crippen LogP contribution in [0.3, 0.4) is 0 Å². The maximum Gasteiger partial charge on any atom is 0.338 e. The molecule has 0 bridgehead atoms. The van der Waals surface area contributed by atoms with Crippen molar-refractivity contribution < 1.29 is 22.7 Å². The number of benzene rings is 2. The quantitative estimate of drug-likeness (QED) is 0.769. The van der Waals surface area contributed by atoms with Crippen LogP contribution in [0.15, 0.2) is 53.4 Å². The highest BCUT2D eigenvalue weighted by molar-refractivity contribution is 7.89. The lowest BCUT2D eigenvalue weighted by Gasteiger charge is -2.30. The number of rotatable bonds is 5. The van der Waals surface area contributed by atoms with E-state index in [0.717, 1.165) is 12.0 Å². The summed E-state index contributed by atoms with van der Waals surface area (Å²) in [5.74, 6) is -1.02. The normalized spacial score (nSPS) is 14.9. The van der Waals surface area contributed by atoms with Gasteiger partial charge in [-0.2, -0.15) is 0 Å². The lowest BCUT2D eigenvalue weighted by atomic mass is 9.99. The van der Waals surface area contributed by atoms with Crippen LogP contribution in [-0.2, 0) is 32.5 Å². The summed E-state index contributed by atoms with van der Waals surface area (Å²) in [6.45, 7) is 2.56. The van der Waals surface area contributed by atoms with Gasteiger partial charge in [-0.25, -0.2) is 17.9 Å². The highest BCUT2D eigenvalue weighted by Crippen LogP contribution is 2.20. The van der Waals surface area contributed by atoms with Crippen molar-refractivity contribution in [2.24, 2.45) is 0 Å². The second-order valence-electron chi connectivity index (χ2n) is 6.56. The lowest BCUT2D eigenvalue weighted by molar-refractivity contribution is -0.140. The number of sulfonamides is 1. The van der Waals surface area contributed by atoms with Crippen LogP contribution in [0.5, 0.6) is 0 Å². The van der Waals surface area contributed by atoms with E-state index in [0.29, 0.717) is 13.1 Å². The van der Waals surface area contributed by atoms with Crippen molar-refractivity contribution in [1.29, 1.82) is 0 Å². The van der Waals surface area contributed by atoms with Crippen LogP contribution in [0.1, 0.15) is 28.4 Å². The van der Waals surface area contributed by atoms with Gasteiger partial charge in [0.05, 0.1) is 10.5 Å². The van der Waals surface area contributed by atoms with Gasteiger partial charge >= 0.3 is 5.97 Å². The van der Waals surface area contributed by atoms with Crippen molar-refractivity contribution in [3.63, 3.8) is 0 Å². The minimum Gasteiger partial charge on any atom is -0.449 e. The molecule has 1 heterocycles. The Labute approximate surface area is 164 Å². The van der Waals surface area contributed by atoms with Crippen LogP contribution in [0.25, 0.3) is 0 Å². The maximum atomic E-state index is 12.7. The largest absolute Gasteiger partial charge is 0.449 e. The van der Waals surface area contributed by atoms with E-state index in [9.17, 15) is 18.0 Å². The molecule has 3 rings (SSSR count). The van der Waals surface area contributed by atoms with Gasteiger partial charge in [0.2, 0.25) is 10.0 Å². The summed E-state index contributed by atoms with van der Waals surface area (Å²) in [4.78, 5) is 26.7. The van der Waals surface area contributed by atoms with Crippen LogP contribution in [0, 0.1) is 0 Å². The first-order valence-corrected chi connectivity index (χ1v) is 10.4. The van der Waals surface area contributed by atoms with Crippen LogP contribution >= 0.6 is 0 Å². The summed E-state index contributed by atoms with van der Waals surface area (Å²) in [5, 5.41) is 0. The molecule has 0 radical (unpaired) electrons. The molecule has 148 valence electrons. The summed E-state index contributed by atoms with van der Waals surface area (Å²) >= 11 is 0. The zero-order valence-electron chi connectivity index (χ0n) is 15.7. The molecule has 1 N–H and O–H groups in total. The number of nitrogens with one attached hydrogen (secondary N) is 1. The first kappa shape index (κ1) is 20.0. The van der Waals surface area contributed by atoms with E-state index in [4.69, 9.17) is 4.74 Å². The van der Waals surface area contributed by atoms with E-state index in [1.165, 1.54) is 43.8 Å². The van der Waals surface area contributed by atoms with Gasteiger partial charge in [0.1, 0.15) is 0 Å². The van der Waals surface area contributed by atoms with E-state index in [2.05, 4.69) is 4.72 Å². The number of hydrogen-bond acceptors (Lipinski definition) is 5. The standard InChI is InChI=1S/C20H22N2O5S/c1-14(19(23)22-11-10-15-6-3-4-7-17(15)13-22)27-20(24)16-8-5-9-18(12-16)28(25,26)21-2/h3-9,12,14,21H,10-11,13H2,1-2H3/t14-/m1/s1. The molecular formula is C20H22N2O5S. The second kappa shape index (κ2) is 8.12. The molecule has 0 spiro atoms. The first-order chi connectivity index (χ1) is 13.3. The van der Waals surface area contributed by atoms with Gasteiger partial charge in [-0.15, -0.1) is 0 Å². The summed E-state index contributed by atoms with van der Waals surface area (Å²) in [6.07, 6.45) is -0.214. The Morgan fingerprint density at radius 1 is 1.11 bits per heavy atom. The van der Waals surface area contributed by atoms with E-state index in [1.807, 2.05) is 24.3 Å². The Hall–Kier alpha value is -2.71. The average molecular weight is 402 g/mol. The molecule has 28 heavy (non-hydrogen) atoms. The fourth-order valence-electron chi connectivity index (χ4n) is 3.13. The molecule has 0 saturated carbocycles. The summed E-state index contributed by atoms with van der Waals surface area (Å²) < 4.78 is 31.3. The van der Waals surface area contributed by atoms with E-state index < -0.39 is 22.1 Å². The Bertz CT molecular complexity index is 1000. The second-order valence-corrected chi connectivity index (χ2v) is 8.45. The number of nitrogens with zero attached hydrogens (tertiary/aromatic N) is 1. The zero-order chi connectivity index (χ0) is 20.3. The van der Waals surface area contributed by atoms with Crippen LogP contribution < -0.4 is 4.72 Å². The van der Waals surface area contributed by atoms with Crippen molar-refractivity contribution in [1.82, 2.24) is 9.62 Å². The molecule has 8 heteroatoms. The molecule has 1 atom stereocenters. The monoisotopic (exact) mass is 402 g/mol. The van der Waals surface area contributed by atoms with Crippen molar-refractivity contribution in [2.75, 3.05) is 13.6 Å². The van der Waals surface area contributed by atoms with Gasteiger partial charge in [0.15, 0.2) is 6.10 Å². The van der Waals surface area contributed by atoms with E-state index in [1.54, 1.807) is 4.90 Å². The molecule has 2 aromatic rings. The van der Waals surface area contributed by atoms with Crippen LogP contribution in [0.2, 0.25) is 0 Å². The van der Waals surface area contributed by atoms with Crippen molar-refractivity contribution >= 4 is 21.9 Å². The number of hydrogen-bond donors (Lipinski definition) is 1. The van der Waals surface area contributed by atoms with Gasteiger partial charge < -0.3 is 9.64 Å². The first-order valence-electron chi connectivity index (χ1n) is 8.92. The molecule has 1 aliphatic rings. The number of amides is 1. The van der Waals surface area contributed by atoms with Crippen molar-refractivity contribution in [3.8, 4) is 0 Å². The molecule has 0 aromatic heterocycles. The minimum atomic E-state index is -3.68. The third kappa shape index (κ3) is 4.23. The SMILES string of the molecule is CNS(=O)(=O)c1cccc(C(=O)O[C@H](C)C(=O)N2CCc3ccccc3C2)c1. The predicted molar refractivity (Wildman–Crippen MR) is 103 cm³/mol. The average Bonchev–Trinajstić information content (AvgIpc) is 2.72. The third-order valence-electron chi connectivity index (χ3n) is 4.72. The van der Waals surface area contributed by atoms with E-state index in [-0.39, 0.29) is 16.4 Å². The highest BCUT2D eigenvalue weighted by Gasteiger charge is 2.27. The number of ether oxygens (including phenoxy) is 1.